The molecule has 1 N–H and O–H groups in total. The van der Waals surface area contributed by atoms with Crippen molar-refractivity contribution in [1.29, 1.82) is 0 Å². The van der Waals surface area contributed by atoms with E-state index in [1.165, 1.54) is 14.1 Å². The van der Waals surface area contributed by atoms with Crippen molar-refractivity contribution in [2.75, 3.05) is 14.1 Å². The van der Waals surface area contributed by atoms with E-state index >= 15 is 0 Å². The van der Waals surface area contributed by atoms with Crippen LogP contribution in [0.25, 0.3) is 0 Å². The molecule has 0 aromatic heterocycles. The number of esters is 1. The van der Waals surface area contributed by atoms with E-state index in [0.717, 1.165) is 22.3 Å². The van der Waals surface area contributed by atoms with Crippen LogP contribution in [0, 0.1) is 5.92 Å². The van der Waals surface area contributed by atoms with E-state index in [4.69, 9.17) is 4.74 Å². The van der Waals surface area contributed by atoms with Crippen molar-refractivity contribution in [3.05, 3.63) is 11.0 Å². The topological polar surface area (TPSA) is 121 Å². The lowest BCUT2D eigenvalue weighted by Gasteiger charge is -2.37. The number of carbonyl (C=O) groups is 3. The van der Waals surface area contributed by atoms with E-state index in [9.17, 15) is 27.9 Å². The van der Waals surface area contributed by atoms with Crippen molar-refractivity contribution in [2.45, 2.75) is 43.3 Å². The molecule has 0 bridgehead atoms. The monoisotopic (exact) mass is 372 g/mol. The Balaban J connectivity index is 2.01. The highest BCUT2D eigenvalue weighted by Crippen LogP contribution is 2.45. The molecule has 3 rings (SSSR count). The fraction of sp³-hybridized carbons (Fsp3) is 0.667. The molecule has 0 aromatic rings. The zero-order valence-electron chi connectivity index (χ0n) is 14.0. The Bertz CT molecular complexity index is 767. The van der Waals surface area contributed by atoms with Crippen molar-refractivity contribution in [2.24, 2.45) is 5.92 Å². The van der Waals surface area contributed by atoms with Crippen LogP contribution in [0.15, 0.2) is 11.0 Å². The van der Waals surface area contributed by atoms with Gasteiger partial charge in [-0.3, -0.25) is 9.69 Å². The molecular weight excluding hydrogens is 352 g/mol. The van der Waals surface area contributed by atoms with Crippen molar-refractivity contribution < 1.29 is 32.6 Å². The van der Waals surface area contributed by atoms with E-state index in [-0.39, 0.29) is 12.8 Å². The van der Waals surface area contributed by atoms with Crippen LogP contribution in [0.1, 0.15) is 32.1 Å². The summed E-state index contributed by atoms with van der Waals surface area (Å²) >= 11 is 0. The minimum atomic E-state index is -4.09. The number of hydrogen-bond donors (Lipinski definition) is 1. The lowest BCUT2D eigenvalue weighted by atomic mass is 9.97. The van der Waals surface area contributed by atoms with Gasteiger partial charge in [0.05, 0.1) is 0 Å². The van der Waals surface area contributed by atoms with Gasteiger partial charge in [0, 0.05) is 26.9 Å². The van der Waals surface area contributed by atoms with E-state index < -0.39 is 49.7 Å². The molecule has 0 aromatic carbocycles. The van der Waals surface area contributed by atoms with Gasteiger partial charge < -0.3 is 14.7 Å². The number of ether oxygens (including phenoxy) is 1. The fourth-order valence-electron chi connectivity index (χ4n) is 3.56. The molecule has 3 amide bonds. The Morgan fingerprint density at radius 1 is 1.16 bits per heavy atom. The lowest BCUT2D eigenvalue weighted by molar-refractivity contribution is -0.145. The summed E-state index contributed by atoms with van der Waals surface area (Å²) in [5.41, 5.74) is 0. The highest BCUT2D eigenvalue weighted by atomic mass is 32.2. The number of imide groups is 1. The maximum Gasteiger partial charge on any atom is 0.351 e. The minimum absolute atomic E-state index is 0.220. The van der Waals surface area contributed by atoms with Crippen LogP contribution in [-0.4, -0.2) is 66.5 Å². The molecule has 2 atom stereocenters. The Kier molecular flexibility index (Phi) is 4.15. The van der Waals surface area contributed by atoms with E-state index in [1.807, 2.05) is 0 Å². The highest BCUT2D eigenvalue weighted by Gasteiger charge is 2.58. The molecular formula is C15H20N2O7S. The summed E-state index contributed by atoms with van der Waals surface area (Å²) in [7, 11) is -1.58. The maximum absolute atomic E-state index is 12.9. The summed E-state index contributed by atoms with van der Waals surface area (Å²) in [5.74, 6) is -3.15. The van der Waals surface area contributed by atoms with Gasteiger partial charge in [0.1, 0.15) is 12.1 Å². The largest absolute Gasteiger partial charge is 0.438 e. The van der Waals surface area contributed by atoms with Crippen molar-refractivity contribution >= 4 is 27.7 Å². The van der Waals surface area contributed by atoms with E-state index in [2.05, 4.69) is 0 Å². The number of amides is 3. The predicted molar refractivity (Wildman–Crippen MR) is 84.3 cm³/mol. The average Bonchev–Trinajstić information content (AvgIpc) is 2.75. The van der Waals surface area contributed by atoms with Crippen LogP contribution in [0.3, 0.4) is 0 Å². The number of carbonyl (C=O) groups excluding carboxylic acids is 3. The van der Waals surface area contributed by atoms with Gasteiger partial charge in [-0.2, -0.15) is 0 Å². The first-order valence-corrected chi connectivity index (χ1v) is 9.53. The quantitative estimate of drug-likeness (QED) is 0.506. The molecule has 2 unspecified atom stereocenters. The first-order valence-electron chi connectivity index (χ1n) is 8.04. The Morgan fingerprint density at radius 3 is 2.36 bits per heavy atom. The van der Waals surface area contributed by atoms with Gasteiger partial charge in [-0.15, -0.1) is 0 Å². The number of rotatable bonds is 1. The molecule has 0 radical (unpaired) electrons. The smallest absolute Gasteiger partial charge is 0.351 e. The van der Waals surface area contributed by atoms with Crippen LogP contribution < -0.4 is 0 Å². The van der Waals surface area contributed by atoms with Crippen LogP contribution in [-0.2, 0) is 24.2 Å². The summed E-state index contributed by atoms with van der Waals surface area (Å²) < 4.78 is 31.0. The van der Waals surface area contributed by atoms with Gasteiger partial charge in [0.15, 0.2) is 4.91 Å². The minimum Gasteiger partial charge on any atom is -0.438 e. The fourth-order valence-corrected chi connectivity index (χ4v) is 5.56. The molecule has 2 heterocycles. The molecule has 3 aliphatic rings. The first-order chi connectivity index (χ1) is 11.6. The number of nitrogens with zero attached hydrogens (tertiary/aromatic N) is 2. The number of hydrogen-bond acceptors (Lipinski definition) is 7. The number of sulfone groups is 1. The van der Waals surface area contributed by atoms with E-state index in [1.54, 1.807) is 0 Å². The first kappa shape index (κ1) is 17.9. The molecule has 10 heteroatoms. The molecule has 1 saturated carbocycles. The van der Waals surface area contributed by atoms with Crippen molar-refractivity contribution in [1.82, 2.24) is 9.80 Å². The summed E-state index contributed by atoms with van der Waals surface area (Å²) in [4.78, 5) is 35.8. The van der Waals surface area contributed by atoms with Gasteiger partial charge in [-0.05, 0) is 18.9 Å². The summed E-state index contributed by atoms with van der Waals surface area (Å²) in [6.45, 7) is 0. The SMILES string of the molecule is CN1C(=O)C(/C=C2\C(=O)OC3(CCCCC3)S2(=O)=O)C(O)N(C)C1=O. The Labute approximate surface area is 145 Å². The predicted octanol–water partition coefficient (Wildman–Crippen LogP) is -0.0393. The summed E-state index contributed by atoms with van der Waals surface area (Å²) in [6, 6.07) is -0.715. The average molecular weight is 372 g/mol. The second kappa shape index (κ2) is 5.80. The van der Waals surface area contributed by atoms with Gasteiger partial charge >= 0.3 is 12.0 Å². The van der Waals surface area contributed by atoms with Crippen molar-refractivity contribution in [3.8, 4) is 0 Å². The Morgan fingerprint density at radius 2 is 1.76 bits per heavy atom. The molecule has 3 fully saturated rings. The third kappa shape index (κ3) is 2.46. The van der Waals surface area contributed by atoms with Crippen LogP contribution in [0.5, 0.6) is 0 Å². The lowest BCUT2D eigenvalue weighted by Crippen LogP contribution is -2.58. The number of urea groups is 1. The summed E-state index contributed by atoms with van der Waals surface area (Å²) in [5, 5.41) is 10.2. The second-order valence-corrected chi connectivity index (χ2v) is 8.82. The molecule has 1 spiro atoms. The molecule has 9 nitrogen and oxygen atoms in total. The van der Waals surface area contributed by atoms with Crippen LogP contribution in [0.2, 0.25) is 0 Å². The van der Waals surface area contributed by atoms with Crippen LogP contribution in [0.4, 0.5) is 4.79 Å². The van der Waals surface area contributed by atoms with Gasteiger partial charge in [-0.1, -0.05) is 6.42 Å². The zero-order chi connectivity index (χ0) is 18.6. The number of aliphatic hydroxyl groups is 1. The summed E-state index contributed by atoms with van der Waals surface area (Å²) in [6.07, 6.45) is 1.93. The Hall–Kier alpha value is -1.94. The van der Waals surface area contributed by atoms with Gasteiger partial charge in [0.2, 0.25) is 20.7 Å². The molecule has 1 aliphatic carbocycles. The number of aliphatic hydroxyl groups excluding tert-OH is 1. The standard InChI is InChI=1S/C15H20N2O7S/c1-16-11(18)9(12(19)17(2)14(16)21)8-10-13(20)24-15(25(10,22)23)6-4-3-5-7-15/h8-9,11,18H,3-7H2,1-2H3/b10-8+. The third-order valence-corrected chi connectivity index (χ3v) is 7.48. The highest BCUT2D eigenvalue weighted by molar-refractivity contribution is 7.97. The van der Waals surface area contributed by atoms with E-state index in [0.29, 0.717) is 12.8 Å². The van der Waals surface area contributed by atoms with Gasteiger partial charge in [0.25, 0.3) is 0 Å². The second-order valence-electron chi connectivity index (χ2n) is 6.63. The third-order valence-electron chi connectivity index (χ3n) is 5.13. The van der Waals surface area contributed by atoms with Crippen LogP contribution >= 0.6 is 0 Å². The normalized spacial score (nSPS) is 33.2. The molecule has 2 saturated heterocycles. The molecule has 138 valence electrons. The molecule has 25 heavy (non-hydrogen) atoms. The zero-order valence-corrected chi connectivity index (χ0v) is 14.8. The van der Waals surface area contributed by atoms with Crippen molar-refractivity contribution in [3.63, 3.8) is 0 Å². The molecule has 2 aliphatic heterocycles. The maximum atomic E-state index is 12.9. The van der Waals surface area contributed by atoms with Gasteiger partial charge in [-0.25, -0.2) is 18.0 Å².